The van der Waals surface area contributed by atoms with Crippen LogP contribution in [0.25, 0.3) is 0 Å². The molecule has 0 spiro atoms. The van der Waals surface area contributed by atoms with Crippen LogP contribution in [0.1, 0.15) is 142 Å². The molecule has 0 amide bonds. The Morgan fingerprint density at radius 2 is 0.804 bits per heavy atom. The van der Waals surface area contributed by atoms with Crippen LogP contribution in [0.15, 0.2) is 24.3 Å². The van der Waals surface area contributed by atoms with Crippen molar-refractivity contribution < 1.29 is 57.6 Å². The second-order valence-corrected chi connectivity index (χ2v) is 12.7. The summed E-state index contributed by atoms with van der Waals surface area (Å²) in [5.74, 6) is -2.34. The lowest BCUT2D eigenvalue weighted by Gasteiger charge is -2.30. The van der Waals surface area contributed by atoms with Crippen LogP contribution in [0.3, 0.4) is 0 Å². The summed E-state index contributed by atoms with van der Waals surface area (Å²) in [5.41, 5.74) is -1.39. The molecule has 292 valence electrons. The van der Waals surface area contributed by atoms with E-state index in [-0.39, 0.29) is 63.9 Å². The Hall–Kier alpha value is -3.54. The van der Waals surface area contributed by atoms with Crippen molar-refractivity contribution in [1.82, 2.24) is 0 Å². The smallest absolute Gasteiger partial charge is 0.305 e. The maximum absolute atomic E-state index is 12.5. The number of carbonyl (C=O) groups is 6. The quantitative estimate of drug-likeness (QED) is 0.0242. The molecule has 0 heterocycles. The van der Waals surface area contributed by atoms with Gasteiger partial charge in [0.05, 0.1) is 25.2 Å². The first kappa shape index (κ1) is 47.5. The Kier molecular flexibility index (Phi) is 31.3. The highest BCUT2D eigenvalue weighted by Crippen LogP contribution is 2.21. The number of carbonyl (C=O) groups excluding carboxylic acids is 6. The summed E-state index contributed by atoms with van der Waals surface area (Å²) in [4.78, 5) is 71.7. The van der Waals surface area contributed by atoms with Crippen LogP contribution in [0.5, 0.6) is 0 Å². The van der Waals surface area contributed by atoms with E-state index in [0.29, 0.717) is 58.2 Å². The fraction of sp³-hybridized carbons (Fsp3) is 0.744. The zero-order valence-corrected chi connectivity index (χ0v) is 31.2. The highest BCUT2D eigenvalue weighted by atomic mass is 16.6. The van der Waals surface area contributed by atoms with Gasteiger partial charge < -0.3 is 33.6 Å². The number of hydrogen-bond donors (Lipinski definition) is 1. The number of unbranched alkanes of at least 4 members (excludes halogenated alkanes) is 8. The molecule has 0 aliphatic rings. The Morgan fingerprint density at radius 1 is 0.471 bits per heavy atom. The first-order valence-corrected chi connectivity index (χ1v) is 18.8. The Morgan fingerprint density at radius 3 is 1.14 bits per heavy atom. The topological polar surface area (TPSA) is 169 Å². The molecule has 51 heavy (non-hydrogen) atoms. The number of allylic oxidation sites excluding steroid dienone is 4. The SMILES string of the molecule is CC/C=C\CCCCOC(=O)CCCCC(=O)OCC(CO)(COC(=O)CCCCC=O)COC(=O)CCCCC(=O)OCCCC/C=C\CC. The maximum Gasteiger partial charge on any atom is 0.305 e. The van der Waals surface area contributed by atoms with Crippen LogP contribution in [0, 0.1) is 5.41 Å². The van der Waals surface area contributed by atoms with E-state index in [2.05, 4.69) is 38.2 Å². The van der Waals surface area contributed by atoms with Gasteiger partial charge in [0.25, 0.3) is 0 Å². The summed E-state index contributed by atoms with van der Waals surface area (Å²) in [6.07, 6.45) is 20.0. The van der Waals surface area contributed by atoms with E-state index in [4.69, 9.17) is 23.7 Å². The molecule has 0 aliphatic heterocycles. The second kappa shape index (κ2) is 33.6. The number of aliphatic hydroxyl groups excluding tert-OH is 1. The van der Waals surface area contributed by atoms with E-state index >= 15 is 0 Å². The van der Waals surface area contributed by atoms with Gasteiger partial charge >= 0.3 is 29.8 Å². The molecule has 0 aliphatic carbocycles. The molecule has 12 nitrogen and oxygen atoms in total. The zero-order valence-electron chi connectivity index (χ0n) is 31.2. The molecule has 0 atom stereocenters. The van der Waals surface area contributed by atoms with Gasteiger partial charge in [-0.2, -0.15) is 0 Å². The van der Waals surface area contributed by atoms with Crippen LogP contribution in [-0.2, 0) is 52.5 Å². The van der Waals surface area contributed by atoms with Crippen molar-refractivity contribution >= 4 is 36.1 Å². The van der Waals surface area contributed by atoms with Gasteiger partial charge in [0.1, 0.15) is 26.1 Å². The molecule has 0 fully saturated rings. The van der Waals surface area contributed by atoms with Crippen molar-refractivity contribution in [2.45, 2.75) is 142 Å². The Labute approximate surface area is 305 Å². The van der Waals surface area contributed by atoms with Crippen molar-refractivity contribution in [2.75, 3.05) is 39.6 Å². The van der Waals surface area contributed by atoms with Crippen molar-refractivity contribution in [1.29, 1.82) is 0 Å². The van der Waals surface area contributed by atoms with E-state index < -0.39 is 29.9 Å². The van der Waals surface area contributed by atoms with Gasteiger partial charge in [-0.15, -0.1) is 0 Å². The molecule has 0 saturated carbocycles. The first-order chi connectivity index (χ1) is 24.7. The van der Waals surface area contributed by atoms with Crippen LogP contribution in [0.4, 0.5) is 0 Å². The van der Waals surface area contributed by atoms with Gasteiger partial charge in [0.2, 0.25) is 0 Å². The van der Waals surface area contributed by atoms with Crippen LogP contribution < -0.4 is 0 Å². The minimum Gasteiger partial charge on any atom is -0.466 e. The first-order valence-electron chi connectivity index (χ1n) is 18.8. The second-order valence-electron chi connectivity index (χ2n) is 12.7. The number of aliphatic hydroxyl groups is 1. The van der Waals surface area contributed by atoms with Gasteiger partial charge in [-0.1, -0.05) is 38.2 Å². The average Bonchev–Trinajstić information content (AvgIpc) is 3.12. The highest BCUT2D eigenvalue weighted by molar-refractivity contribution is 5.71. The van der Waals surface area contributed by atoms with Gasteiger partial charge in [-0.05, 0) is 89.9 Å². The number of aldehydes is 1. The third-order valence-corrected chi connectivity index (χ3v) is 7.79. The highest BCUT2D eigenvalue weighted by Gasteiger charge is 2.35. The molecule has 0 radical (unpaired) electrons. The summed E-state index contributed by atoms with van der Waals surface area (Å²) < 4.78 is 26.6. The molecule has 0 rings (SSSR count). The Balaban J connectivity index is 4.69. The monoisotopic (exact) mass is 724 g/mol. The van der Waals surface area contributed by atoms with E-state index in [1.165, 1.54) is 0 Å². The lowest BCUT2D eigenvalue weighted by atomic mass is 9.92. The fourth-order valence-corrected chi connectivity index (χ4v) is 4.57. The largest absolute Gasteiger partial charge is 0.466 e. The lowest BCUT2D eigenvalue weighted by molar-refractivity contribution is -0.165. The number of rotatable bonds is 34. The van der Waals surface area contributed by atoms with Crippen molar-refractivity contribution in [3.05, 3.63) is 24.3 Å². The van der Waals surface area contributed by atoms with E-state index in [1.54, 1.807) is 0 Å². The summed E-state index contributed by atoms with van der Waals surface area (Å²) in [6.45, 7) is 3.17. The van der Waals surface area contributed by atoms with Crippen molar-refractivity contribution in [2.24, 2.45) is 5.41 Å². The third kappa shape index (κ3) is 29.9. The molecule has 0 aromatic carbocycles. The average molecular weight is 725 g/mol. The standard InChI is InChI=1S/C39H64O12/c1-3-5-7-9-11-20-28-47-34(42)23-15-17-25-37(45)50-32-39(30-41,31-49-36(44)22-14-13-19-27-40)33-51-38(46)26-18-16-24-35(43)48-29-21-12-10-8-6-4-2/h5-8,27,41H,3-4,9-26,28-33H2,1-2H3/b7-5-,8-6-. The van der Waals surface area contributed by atoms with Crippen molar-refractivity contribution in [3.63, 3.8) is 0 Å². The number of esters is 5. The minimum absolute atomic E-state index is 0.0214. The predicted molar refractivity (Wildman–Crippen MR) is 192 cm³/mol. The van der Waals surface area contributed by atoms with E-state index in [1.807, 2.05) is 0 Å². The van der Waals surface area contributed by atoms with Crippen LogP contribution in [0.2, 0.25) is 0 Å². The van der Waals surface area contributed by atoms with E-state index in [9.17, 15) is 33.9 Å². The third-order valence-electron chi connectivity index (χ3n) is 7.79. The summed E-state index contributed by atoms with van der Waals surface area (Å²) in [5, 5.41) is 10.3. The normalized spacial score (nSPS) is 11.4. The minimum atomic E-state index is -1.39. The van der Waals surface area contributed by atoms with Gasteiger partial charge in [-0.25, -0.2) is 0 Å². The van der Waals surface area contributed by atoms with Crippen LogP contribution in [-0.4, -0.2) is 80.9 Å². The number of ether oxygens (including phenoxy) is 5. The molecule has 0 aromatic rings. The Bertz CT molecular complexity index is 960. The molecule has 12 heteroatoms. The van der Waals surface area contributed by atoms with Gasteiger partial charge in [-0.3, -0.25) is 24.0 Å². The molecule has 1 N–H and O–H groups in total. The summed E-state index contributed by atoms with van der Waals surface area (Å²) >= 11 is 0. The zero-order chi connectivity index (χ0) is 37.8. The molecular weight excluding hydrogens is 660 g/mol. The fourth-order valence-electron chi connectivity index (χ4n) is 4.57. The molecular formula is C39H64O12. The summed E-state index contributed by atoms with van der Waals surface area (Å²) in [7, 11) is 0. The van der Waals surface area contributed by atoms with Crippen molar-refractivity contribution in [3.8, 4) is 0 Å². The molecule has 0 aromatic heterocycles. The predicted octanol–water partition coefficient (Wildman–Crippen LogP) is 6.83. The van der Waals surface area contributed by atoms with Crippen LogP contribution >= 0.6 is 0 Å². The lowest BCUT2D eigenvalue weighted by Crippen LogP contribution is -2.42. The molecule has 0 saturated heterocycles. The number of hydrogen-bond acceptors (Lipinski definition) is 12. The van der Waals surface area contributed by atoms with Gasteiger partial charge in [0.15, 0.2) is 0 Å². The van der Waals surface area contributed by atoms with E-state index in [0.717, 1.165) is 57.7 Å². The summed E-state index contributed by atoms with van der Waals surface area (Å²) in [6, 6.07) is 0. The molecule has 0 bridgehead atoms. The maximum atomic E-state index is 12.5. The van der Waals surface area contributed by atoms with Gasteiger partial charge in [0, 0.05) is 38.5 Å². The molecule has 0 unspecified atom stereocenters.